The number of nitrogens with one attached hydrogen (secondary N) is 3. The lowest BCUT2D eigenvalue weighted by atomic mass is 9.65. The second-order valence-electron chi connectivity index (χ2n) is 36.1. The topological polar surface area (TPSA) is 267 Å². The number of carbonyl (C=O) groups is 6. The first-order chi connectivity index (χ1) is 59.0. The Morgan fingerprint density at radius 1 is 0.407 bits per heavy atom. The molecule has 8 amide bonds. The first kappa shape index (κ1) is 87.4. The van der Waals surface area contributed by atoms with Gasteiger partial charge in [0.25, 0.3) is 23.6 Å². The van der Waals surface area contributed by atoms with E-state index in [1.165, 1.54) is 77.4 Å². The molecule has 0 radical (unpaired) electrons. The molecule has 12 aliphatic rings. The summed E-state index contributed by atoms with van der Waals surface area (Å²) in [6.07, 6.45) is 17.8. The molecule has 4 heterocycles. The number of amides is 8. The molecular weight excluding hydrogens is 1630 g/mol. The molecule has 3 saturated heterocycles. The molecule has 0 saturated carbocycles. The van der Waals surface area contributed by atoms with Crippen LogP contribution in [0, 0.1) is 21.7 Å². The Bertz CT molecular complexity index is 5240. The second kappa shape index (κ2) is 34.2. The molecule has 23 heteroatoms. The third-order valence-corrected chi connectivity index (χ3v) is 29.2. The first-order valence-corrected chi connectivity index (χ1v) is 45.2. The summed E-state index contributed by atoms with van der Waals surface area (Å²) in [6, 6.07) is 57.3. The van der Waals surface area contributed by atoms with Crippen LogP contribution in [-0.2, 0) is 123 Å². The van der Waals surface area contributed by atoms with Crippen LogP contribution in [0.1, 0.15) is 189 Å². The predicted octanol–water partition coefficient (Wildman–Crippen LogP) is 16.1. The smallest absolute Gasteiger partial charge is 0.325 e. The van der Waals surface area contributed by atoms with E-state index >= 15 is 0 Å². The van der Waals surface area contributed by atoms with Crippen LogP contribution in [-0.4, -0.2) is 136 Å². The molecule has 7 N–H and O–H groups in total. The number of thiocarbonyl (C=S) groups is 1. The molecule has 123 heavy (non-hydrogen) atoms. The number of phenols is 1. The Hall–Kier alpha value is -10.5. The van der Waals surface area contributed by atoms with Crippen LogP contribution >= 0.6 is 28.1 Å². The Morgan fingerprint density at radius 2 is 0.683 bits per heavy atom. The van der Waals surface area contributed by atoms with Crippen molar-refractivity contribution >= 4 is 74.9 Å². The zero-order chi connectivity index (χ0) is 87.4. The quantitative estimate of drug-likeness (QED) is 0.0297. The predicted molar refractivity (Wildman–Crippen MR) is 483 cm³/mol. The molecule has 3 fully saturated rings. The minimum Gasteiger partial charge on any atom is -0.508 e. The van der Waals surface area contributed by atoms with Gasteiger partial charge in [0.05, 0.1) is 25.4 Å². The first-order valence-electron chi connectivity index (χ1n) is 43.7. The van der Waals surface area contributed by atoms with Crippen molar-refractivity contribution in [3.05, 3.63) is 259 Å². The van der Waals surface area contributed by atoms with Gasteiger partial charge in [-0.2, -0.15) is 0 Å². The molecule has 0 aromatic heterocycles. The van der Waals surface area contributed by atoms with Crippen molar-refractivity contribution in [3.8, 4) is 23.0 Å². The number of rotatable bonds is 6. The lowest BCUT2D eigenvalue weighted by Crippen LogP contribution is -2.55. The molecule has 0 bridgehead atoms. The van der Waals surface area contributed by atoms with E-state index in [1.807, 2.05) is 64.1 Å². The second-order valence-corrected chi connectivity index (χ2v) is 37.7. The number of likely N-dealkylation sites (N-methyl/N-ethyl adjacent to an activating group) is 4. The molecule has 8 aromatic rings. The van der Waals surface area contributed by atoms with E-state index < -0.39 is 27.8 Å². The van der Waals surface area contributed by atoms with E-state index in [9.17, 15) is 33.9 Å². The number of imide groups is 2. The Morgan fingerprint density at radius 3 is 0.959 bits per heavy atom. The van der Waals surface area contributed by atoms with Gasteiger partial charge in [-0.25, -0.2) is 19.5 Å². The fraction of sp³-hybridized carbons (Fsp3) is 0.440. The molecule has 646 valence electrons. The van der Waals surface area contributed by atoms with Crippen LogP contribution < -0.4 is 35.9 Å². The number of halogens is 1. The number of aliphatic imine (C=N–C) groups is 1. The van der Waals surface area contributed by atoms with Gasteiger partial charge in [-0.05, 0) is 320 Å². The summed E-state index contributed by atoms with van der Waals surface area (Å²) in [7, 11) is 6.64. The average Bonchev–Trinajstić information content (AvgIpc) is 1.54. The van der Waals surface area contributed by atoms with Gasteiger partial charge in [-0.3, -0.25) is 44.0 Å². The van der Waals surface area contributed by atoms with Crippen molar-refractivity contribution in [1.29, 1.82) is 0 Å². The number of nitrogens with two attached hydrogens (primary N) is 1. The van der Waals surface area contributed by atoms with Crippen LogP contribution in [0.15, 0.2) is 175 Å². The zero-order valence-electron chi connectivity index (χ0n) is 72.7. The van der Waals surface area contributed by atoms with Crippen molar-refractivity contribution in [2.75, 3.05) is 53.3 Å². The number of benzene rings is 8. The van der Waals surface area contributed by atoms with Gasteiger partial charge >= 0.3 is 12.1 Å². The minimum absolute atomic E-state index is 0.00615. The van der Waals surface area contributed by atoms with Gasteiger partial charge in [0.1, 0.15) is 23.0 Å². The van der Waals surface area contributed by atoms with Gasteiger partial charge in [0.15, 0.2) is 33.2 Å². The minimum atomic E-state index is -1.09. The van der Waals surface area contributed by atoms with E-state index in [1.54, 1.807) is 58.9 Å². The number of urea groups is 2. The number of hydrogen-bond donors (Lipinski definition) is 6. The van der Waals surface area contributed by atoms with Crippen LogP contribution in [0.3, 0.4) is 0 Å². The van der Waals surface area contributed by atoms with Crippen molar-refractivity contribution in [1.82, 2.24) is 35.6 Å². The number of aryl methyl sites for hydroxylation is 8. The standard InChI is InChI=1S/C24H27N3O2.C24H26N2O3.C24H26N2O2S.C22H22N2O3.C4H10O2.C2H5Br/c1-3-29-19-9-8-18-15-23(12-10-16-6-4-5-7-17(16)11-13-23)24(20(18)14-19)21(28)27(2)22(25)26-24;1-3-29-19-9-8-18-15-23(12-10-16-6-4-5-7-17(16)11-13-23)24(20(18)14-19)21(27)26(2)22(28)25-24;1-3-28-19-9-8-18-15-23(12-10-16-6-4-5-7-17(16)11-13-23)24(20(18)14-19)21(27)26(2)22(29)25-24;1-24-19(26)22(23-20(24)27)18-12-17(25)7-6-16(18)13-21(22)10-8-14-4-2-3-5-15(14)9-11-21;1-4(2,3)6-5;1-2-3/h4-9,14H,3,10-13,15H2,1-2H3,(H2,25,26);4-9,14H,3,10-13,15H2,1-2H3,(H,25,28);4-9,14H,3,10-13,15H2,1-2H3,(H,25,29);2-7,12,25H,8-11,13H2,1H3,(H,23,27);5H,1-3H3;2H2,1H3. The molecule has 4 atom stereocenters. The fourth-order valence-corrected chi connectivity index (χ4v) is 22.9. The summed E-state index contributed by atoms with van der Waals surface area (Å²) in [4.78, 5) is 94.2. The lowest BCUT2D eigenvalue weighted by molar-refractivity contribution is -0.306. The van der Waals surface area contributed by atoms with Crippen molar-refractivity contribution < 1.29 is 58.2 Å². The van der Waals surface area contributed by atoms with Crippen molar-refractivity contribution in [3.63, 3.8) is 0 Å². The summed E-state index contributed by atoms with van der Waals surface area (Å²) in [5.41, 5.74) is 20.0. The molecule has 8 spiro atoms. The highest BCUT2D eigenvalue weighted by atomic mass is 79.9. The van der Waals surface area contributed by atoms with Crippen LogP contribution in [0.25, 0.3) is 0 Å². The highest BCUT2D eigenvalue weighted by Crippen LogP contribution is 2.65. The number of guanidine groups is 1. The van der Waals surface area contributed by atoms with E-state index in [0.29, 0.717) is 30.9 Å². The third-order valence-electron chi connectivity index (χ3n) is 28.8. The Kier molecular flexibility index (Phi) is 24.3. The Balaban J connectivity index is 0.000000123. The number of aromatic hydroxyl groups is 1. The van der Waals surface area contributed by atoms with Crippen LogP contribution in [0.2, 0.25) is 0 Å². The van der Waals surface area contributed by atoms with Crippen molar-refractivity contribution in [2.45, 2.75) is 205 Å². The molecule has 20 rings (SSSR count). The lowest BCUT2D eigenvalue weighted by Gasteiger charge is -2.42. The molecule has 8 aliphatic carbocycles. The third kappa shape index (κ3) is 14.7. The molecule has 4 aliphatic heterocycles. The van der Waals surface area contributed by atoms with E-state index in [4.69, 9.17) is 42.4 Å². The maximum Gasteiger partial charge on any atom is 0.325 e. The largest absolute Gasteiger partial charge is 0.508 e. The molecule has 21 nitrogen and oxygen atoms in total. The van der Waals surface area contributed by atoms with Gasteiger partial charge in [-0.1, -0.05) is 144 Å². The zero-order valence-corrected chi connectivity index (χ0v) is 75.1. The number of nitrogens with zero attached hydrogens (tertiary/aromatic N) is 5. The van der Waals surface area contributed by atoms with Crippen molar-refractivity contribution in [2.24, 2.45) is 32.4 Å². The Labute approximate surface area is 736 Å². The number of fused-ring (bicyclic) bond motifs is 16. The number of carbonyl (C=O) groups excluding carboxylic acids is 6. The van der Waals surface area contributed by atoms with Crippen LogP contribution in [0.5, 0.6) is 23.0 Å². The SMILES string of the molecule is CC(C)(C)OO.CCBr.CCOc1ccc2c(c1)C1(N=C(N)N(C)C1=O)C1(CCc3ccccc3CC1)C2.CCOc1ccc2c(c1)C1(NC(=O)N(C)C1=O)C1(CCc3ccccc3CC1)C2.CCOc1ccc2c(c1)C1(NC(=S)N(C)C1=O)C1(CCc3ccccc3CC1)C2.CN1C(=O)NC2(C1=O)c1cc(O)ccc1CC21CCc2ccccc2CC1. The molecule has 8 aromatic carbocycles. The van der Waals surface area contributed by atoms with Gasteiger partial charge in [0.2, 0.25) is 0 Å². The number of phenolic OH excluding ortho intramolecular Hbond substituents is 1. The maximum absolute atomic E-state index is 13.8. The average molecular weight is 1750 g/mol. The number of hydrogen-bond acceptors (Lipinski definition) is 15. The van der Waals surface area contributed by atoms with E-state index in [2.05, 4.69) is 158 Å². The maximum atomic E-state index is 13.8. The monoisotopic (exact) mass is 1750 g/mol. The van der Waals surface area contributed by atoms with E-state index in [0.717, 1.165) is 184 Å². The normalized spacial score (nSPS) is 23.6. The van der Waals surface area contributed by atoms with Gasteiger partial charge < -0.3 is 41.0 Å². The van der Waals surface area contributed by atoms with Gasteiger partial charge in [0, 0.05) is 55.2 Å². The summed E-state index contributed by atoms with van der Waals surface area (Å²) in [6.45, 7) is 15.0. The molecule has 4 unspecified atom stereocenters. The summed E-state index contributed by atoms with van der Waals surface area (Å²) in [5.74, 6) is 2.50. The van der Waals surface area contributed by atoms with Gasteiger partial charge in [-0.15, -0.1) is 0 Å². The summed E-state index contributed by atoms with van der Waals surface area (Å²) in [5, 5.41) is 29.3. The summed E-state index contributed by atoms with van der Waals surface area (Å²) >= 11 is 8.71. The number of ether oxygens (including phenoxy) is 3. The highest BCUT2D eigenvalue weighted by molar-refractivity contribution is 9.09. The fourth-order valence-electron chi connectivity index (χ4n) is 22.7. The summed E-state index contributed by atoms with van der Waals surface area (Å²) < 4.78 is 17.3. The van der Waals surface area contributed by atoms with E-state index in [-0.39, 0.29) is 63.1 Å². The number of alkyl halides is 1. The molecular formula is C100H116BrN9O12S. The highest BCUT2D eigenvalue weighted by Gasteiger charge is 2.71. The van der Waals surface area contributed by atoms with Crippen LogP contribution in [0.4, 0.5) is 9.59 Å².